The maximum Gasteiger partial charge on any atom is 0.433 e. The van der Waals surface area contributed by atoms with Gasteiger partial charge in [-0.3, -0.25) is 0 Å². The second-order valence-corrected chi connectivity index (χ2v) is 6.55. The summed E-state index contributed by atoms with van der Waals surface area (Å²) in [7, 11) is 0. The summed E-state index contributed by atoms with van der Waals surface area (Å²) in [6.45, 7) is 0.439. The summed E-state index contributed by atoms with van der Waals surface area (Å²) < 4.78 is 39.1. The Hall–Kier alpha value is -1.83. The third-order valence-corrected chi connectivity index (χ3v) is 4.61. The lowest BCUT2D eigenvalue weighted by Gasteiger charge is -2.15. The van der Waals surface area contributed by atoms with E-state index < -0.39 is 11.9 Å². The predicted octanol–water partition coefficient (Wildman–Crippen LogP) is 4.52. The first kappa shape index (κ1) is 16.0. The van der Waals surface area contributed by atoms with Gasteiger partial charge in [0.2, 0.25) is 5.95 Å². The smallest absolute Gasteiger partial charge is 0.365 e. The van der Waals surface area contributed by atoms with Crippen LogP contribution in [0.25, 0.3) is 0 Å². The van der Waals surface area contributed by atoms with E-state index in [1.54, 1.807) is 0 Å². The molecule has 0 radical (unpaired) electrons. The number of hydrogen-bond donors (Lipinski definition) is 2. The molecule has 8 heteroatoms. The first-order chi connectivity index (χ1) is 11.0. The molecular formula is C15H17F3N4S. The van der Waals surface area contributed by atoms with E-state index in [9.17, 15) is 13.2 Å². The van der Waals surface area contributed by atoms with Gasteiger partial charge in [-0.1, -0.05) is 18.9 Å². The van der Waals surface area contributed by atoms with Gasteiger partial charge in [-0.25, -0.2) is 4.98 Å². The van der Waals surface area contributed by atoms with Crippen LogP contribution in [0.3, 0.4) is 0 Å². The van der Waals surface area contributed by atoms with Crippen molar-refractivity contribution in [3.8, 4) is 0 Å². The molecule has 23 heavy (non-hydrogen) atoms. The van der Waals surface area contributed by atoms with Crippen molar-refractivity contribution in [1.82, 2.24) is 9.97 Å². The van der Waals surface area contributed by atoms with E-state index in [-0.39, 0.29) is 17.8 Å². The first-order valence-electron chi connectivity index (χ1n) is 7.50. The van der Waals surface area contributed by atoms with Crippen LogP contribution < -0.4 is 10.6 Å². The quantitative estimate of drug-likeness (QED) is 0.838. The summed E-state index contributed by atoms with van der Waals surface area (Å²) in [6, 6.07) is 4.92. The molecule has 0 atom stereocenters. The van der Waals surface area contributed by atoms with Gasteiger partial charge in [0, 0.05) is 17.0 Å². The van der Waals surface area contributed by atoms with Crippen LogP contribution in [0, 0.1) is 0 Å². The molecule has 2 aromatic rings. The molecule has 1 aliphatic rings. The Bertz CT molecular complexity index is 637. The van der Waals surface area contributed by atoms with Crippen LogP contribution in [0.2, 0.25) is 0 Å². The van der Waals surface area contributed by atoms with Crippen molar-refractivity contribution in [2.24, 2.45) is 0 Å². The number of halogens is 3. The minimum atomic E-state index is -4.49. The molecule has 2 N–H and O–H groups in total. The highest BCUT2D eigenvalue weighted by Gasteiger charge is 2.34. The highest BCUT2D eigenvalue weighted by atomic mass is 32.1. The highest BCUT2D eigenvalue weighted by Crippen LogP contribution is 2.30. The number of anilines is 2. The van der Waals surface area contributed by atoms with E-state index in [2.05, 4.69) is 20.6 Å². The third-order valence-electron chi connectivity index (χ3n) is 3.73. The van der Waals surface area contributed by atoms with Crippen LogP contribution in [0.15, 0.2) is 23.6 Å². The van der Waals surface area contributed by atoms with Crippen LogP contribution in [0.5, 0.6) is 0 Å². The minimum Gasteiger partial charge on any atom is -0.365 e. The molecule has 0 aromatic carbocycles. The zero-order chi connectivity index (χ0) is 16.3. The molecular weight excluding hydrogens is 325 g/mol. The van der Waals surface area contributed by atoms with E-state index in [1.165, 1.54) is 11.3 Å². The summed E-state index contributed by atoms with van der Waals surface area (Å²) >= 11 is 1.54. The van der Waals surface area contributed by atoms with Gasteiger partial charge in [0.05, 0.1) is 6.54 Å². The average molecular weight is 342 g/mol. The largest absolute Gasteiger partial charge is 0.433 e. The summed E-state index contributed by atoms with van der Waals surface area (Å²) in [5.74, 6) is 0.224. The summed E-state index contributed by atoms with van der Waals surface area (Å²) in [4.78, 5) is 8.84. The Morgan fingerprint density at radius 1 is 1.22 bits per heavy atom. The monoisotopic (exact) mass is 342 g/mol. The Labute approximate surface area is 136 Å². The van der Waals surface area contributed by atoms with Gasteiger partial charge in [0.25, 0.3) is 0 Å². The van der Waals surface area contributed by atoms with Gasteiger partial charge in [0.15, 0.2) is 5.69 Å². The summed E-state index contributed by atoms with van der Waals surface area (Å²) in [5, 5.41) is 7.89. The zero-order valence-electron chi connectivity index (χ0n) is 12.4. The molecule has 0 amide bonds. The predicted molar refractivity (Wildman–Crippen MR) is 84.6 cm³/mol. The molecule has 2 heterocycles. The first-order valence-corrected chi connectivity index (χ1v) is 8.38. The standard InChI is InChI=1S/C15H17F3N4S/c16-15(17,18)12-8-13(19-9-11-6-3-7-23-11)22-14(21-12)20-10-4-1-2-5-10/h3,6-8,10H,1-2,4-5,9H2,(H2,19,20,21,22). The zero-order valence-corrected chi connectivity index (χ0v) is 13.2. The lowest BCUT2D eigenvalue weighted by Crippen LogP contribution is -2.19. The molecule has 0 saturated heterocycles. The molecule has 2 aromatic heterocycles. The van der Waals surface area contributed by atoms with Crippen LogP contribution in [-0.4, -0.2) is 16.0 Å². The van der Waals surface area contributed by atoms with Crippen LogP contribution in [-0.2, 0) is 12.7 Å². The van der Waals surface area contributed by atoms with Crippen molar-refractivity contribution in [3.05, 3.63) is 34.2 Å². The fourth-order valence-electron chi connectivity index (χ4n) is 2.59. The van der Waals surface area contributed by atoms with Gasteiger partial charge in [-0.05, 0) is 24.3 Å². The summed E-state index contributed by atoms with van der Waals surface area (Å²) in [5.41, 5.74) is -0.929. The van der Waals surface area contributed by atoms with E-state index in [4.69, 9.17) is 0 Å². The second kappa shape index (κ2) is 6.74. The molecule has 4 nitrogen and oxygen atoms in total. The summed E-state index contributed by atoms with van der Waals surface area (Å²) in [6.07, 6.45) is -0.441. The number of aromatic nitrogens is 2. The lowest BCUT2D eigenvalue weighted by atomic mass is 10.2. The molecule has 124 valence electrons. The van der Waals surface area contributed by atoms with Crippen molar-refractivity contribution < 1.29 is 13.2 Å². The molecule has 1 fully saturated rings. The van der Waals surface area contributed by atoms with Crippen molar-refractivity contribution in [2.45, 2.75) is 44.4 Å². The number of rotatable bonds is 5. The minimum absolute atomic E-state index is 0.0420. The van der Waals surface area contributed by atoms with Crippen LogP contribution in [0.4, 0.5) is 24.9 Å². The van der Waals surface area contributed by atoms with Crippen molar-refractivity contribution >= 4 is 23.1 Å². The molecule has 0 aliphatic heterocycles. The maximum absolute atomic E-state index is 13.0. The van der Waals surface area contributed by atoms with Crippen LogP contribution >= 0.6 is 11.3 Å². The number of hydrogen-bond acceptors (Lipinski definition) is 5. The number of thiophene rings is 1. The third kappa shape index (κ3) is 4.34. The maximum atomic E-state index is 13.0. The van der Waals surface area contributed by atoms with Crippen molar-refractivity contribution in [3.63, 3.8) is 0 Å². The fraction of sp³-hybridized carbons (Fsp3) is 0.467. The van der Waals surface area contributed by atoms with Gasteiger partial charge in [0.1, 0.15) is 5.82 Å². The fourth-order valence-corrected chi connectivity index (χ4v) is 3.24. The topological polar surface area (TPSA) is 49.8 Å². The number of nitrogens with one attached hydrogen (secondary N) is 2. The van der Waals surface area contributed by atoms with E-state index in [1.807, 2.05) is 17.5 Å². The van der Waals surface area contributed by atoms with Gasteiger partial charge >= 0.3 is 6.18 Å². The van der Waals surface area contributed by atoms with E-state index in [0.29, 0.717) is 6.54 Å². The van der Waals surface area contributed by atoms with Crippen molar-refractivity contribution in [1.29, 1.82) is 0 Å². The Morgan fingerprint density at radius 2 is 2.00 bits per heavy atom. The van der Waals surface area contributed by atoms with E-state index >= 15 is 0 Å². The second-order valence-electron chi connectivity index (χ2n) is 5.52. The molecule has 1 saturated carbocycles. The Balaban J connectivity index is 1.78. The average Bonchev–Trinajstić information content (AvgIpc) is 3.17. The molecule has 1 aliphatic carbocycles. The van der Waals surface area contributed by atoms with Gasteiger partial charge in [-0.2, -0.15) is 18.2 Å². The van der Waals surface area contributed by atoms with E-state index in [0.717, 1.165) is 36.6 Å². The highest BCUT2D eigenvalue weighted by molar-refractivity contribution is 7.09. The number of alkyl halides is 3. The van der Waals surface area contributed by atoms with Crippen LogP contribution in [0.1, 0.15) is 36.3 Å². The molecule has 0 bridgehead atoms. The molecule has 0 unspecified atom stereocenters. The Kier molecular flexibility index (Phi) is 4.70. The molecule has 0 spiro atoms. The van der Waals surface area contributed by atoms with Crippen molar-refractivity contribution in [2.75, 3.05) is 10.6 Å². The normalized spacial score (nSPS) is 15.8. The molecule has 3 rings (SSSR count). The van der Waals surface area contributed by atoms with Gasteiger partial charge < -0.3 is 10.6 Å². The lowest BCUT2D eigenvalue weighted by molar-refractivity contribution is -0.141. The Morgan fingerprint density at radius 3 is 2.65 bits per heavy atom. The number of nitrogens with zero attached hydrogens (tertiary/aromatic N) is 2. The van der Waals surface area contributed by atoms with Gasteiger partial charge in [-0.15, -0.1) is 11.3 Å². The SMILES string of the molecule is FC(F)(F)c1cc(NCc2cccs2)nc(NC2CCCC2)n1.